The molecular formula is C29H40N2O8S. The Kier molecular flexibility index (Phi) is 10.4. The third-order valence-corrected chi connectivity index (χ3v) is 9.17. The van der Waals surface area contributed by atoms with E-state index < -0.39 is 34.4 Å². The smallest absolute Gasteiger partial charge is 0.407 e. The van der Waals surface area contributed by atoms with Gasteiger partial charge in [-0.2, -0.15) is 4.31 Å². The van der Waals surface area contributed by atoms with Crippen LogP contribution >= 0.6 is 0 Å². The maximum atomic E-state index is 13.6. The van der Waals surface area contributed by atoms with Gasteiger partial charge in [-0.3, -0.25) is 0 Å². The largest absolute Gasteiger partial charge is 0.497 e. The molecule has 2 N–H and O–H groups in total. The molecule has 0 saturated carbocycles. The zero-order valence-electron chi connectivity index (χ0n) is 23.3. The van der Waals surface area contributed by atoms with Gasteiger partial charge < -0.3 is 29.4 Å². The number of methoxy groups -OCH3 is 1. The Bertz CT molecular complexity index is 1190. The minimum atomic E-state index is -3.94. The normalized spacial score (nSPS) is 22.5. The Hall–Kier alpha value is -2.70. The van der Waals surface area contributed by atoms with Crippen LogP contribution in [0.25, 0.3) is 0 Å². The summed E-state index contributed by atoms with van der Waals surface area (Å²) in [6.45, 7) is 5.75. The molecule has 220 valence electrons. The average Bonchev–Trinajstić information content (AvgIpc) is 3.43. The number of benzene rings is 2. The van der Waals surface area contributed by atoms with E-state index in [-0.39, 0.29) is 48.8 Å². The monoisotopic (exact) mass is 576 g/mol. The van der Waals surface area contributed by atoms with E-state index in [9.17, 15) is 18.3 Å². The lowest BCUT2D eigenvalue weighted by molar-refractivity contribution is -0.0690. The van der Waals surface area contributed by atoms with Crippen LogP contribution in [0.3, 0.4) is 0 Å². The van der Waals surface area contributed by atoms with Crippen LogP contribution < -0.4 is 10.1 Å². The molecule has 2 saturated heterocycles. The second-order valence-electron chi connectivity index (χ2n) is 10.8. The number of ether oxygens (including phenoxy) is 4. The Morgan fingerprint density at radius 1 is 1.02 bits per heavy atom. The summed E-state index contributed by atoms with van der Waals surface area (Å²) in [4.78, 5) is 13.2. The van der Waals surface area contributed by atoms with Gasteiger partial charge in [0.15, 0.2) is 0 Å². The molecule has 40 heavy (non-hydrogen) atoms. The molecule has 1 amide bonds. The number of rotatable bonds is 12. The molecule has 11 heteroatoms. The van der Waals surface area contributed by atoms with E-state index in [1.807, 2.05) is 44.2 Å². The summed E-state index contributed by atoms with van der Waals surface area (Å²) in [5.74, 6) is 0.788. The summed E-state index contributed by atoms with van der Waals surface area (Å²) in [6.07, 6.45) is -2.08. The highest BCUT2D eigenvalue weighted by Gasteiger charge is 2.41. The van der Waals surface area contributed by atoms with Gasteiger partial charge in [-0.25, -0.2) is 13.2 Å². The van der Waals surface area contributed by atoms with Gasteiger partial charge >= 0.3 is 6.09 Å². The van der Waals surface area contributed by atoms with Gasteiger partial charge in [0, 0.05) is 24.9 Å². The number of aliphatic hydroxyl groups excluding tert-OH is 1. The van der Waals surface area contributed by atoms with Crippen LogP contribution in [-0.2, 0) is 30.7 Å². The second kappa shape index (κ2) is 13.8. The van der Waals surface area contributed by atoms with Crippen LogP contribution in [0, 0.1) is 17.8 Å². The highest BCUT2D eigenvalue weighted by atomic mass is 32.2. The van der Waals surface area contributed by atoms with Crippen LogP contribution in [0.1, 0.15) is 19.4 Å². The molecule has 2 aliphatic rings. The summed E-state index contributed by atoms with van der Waals surface area (Å²) < 4.78 is 50.6. The lowest BCUT2D eigenvalue weighted by Gasteiger charge is -2.33. The van der Waals surface area contributed by atoms with Gasteiger partial charge in [-0.05, 0) is 42.2 Å². The van der Waals surface area contributed by atoms with E-state index in [4.69, 9.17) is 18.9 Å². The van der Waals surface area contributed by atoms with E-state index in [1.165, 1.54) is 23.5 Å². The number of nitrogens with one attached hydrogen (secondary N) is 1. The molecule has 3 unspecified atom stereocenters. The molecule has 2 aliphatic heterocycles. The molecule has 10 nitrogen and oxygen atoms in total. The number of carbonyl (C=O) groups excluding carboxylic acids is 1. The van der Waals surface area contributed by atoms with Crippen molar-refractivity contribution in [3.63, 3.8) is 0 Å². The Morgan fingerprint density at radius 2 is 1.70 bits per heavy atom. The van der Waals surface area contributed by atoms with Crippen molar-refractivity contribution in [3.8, 4) is 5.75 Å². The summed E-state index contributed by atoms with van der Waals surface area (Å²) in [5, 5.41) is 14.2. The van der Waals surface area contributed by atoms with Crippen molar-refractivity contribution in [2.24, 2.45) is 17.8 Å². The van der Waals surface area contributed by atoms with Gasteiger partial charge in [0.05, 0.1) is 50.6 Å². The van der Waals surface area contributed by atoms with Gasteiger partial charge in [-0.15, -0.1) is 0 Å². The summed E-state index contributed by atoms with van der Waals surface area (Å²) >= 11 is 0. The van der Waals surface area contributed by atoms with E-state index >= 15 is 0 Å². The molecule has 5 atom stereocenters. The van der Waals surface area contributed by atoms with E-state index in [0.29, 0.717) is 25.6 Å². The first-order valence-corrected chi connectivity index (χ1v) is 15.1. The number of alkyl carbamates (subject to hydrolysis) is 1. The number of carbonyl (C=O) groups is 1. The van der Waals surface area contributed by atoms with E-state index in [0.717, 1.165) is 5.56 Å². The molecule has 2 heterocycles. The molecule has 4 rings (SSSR count). The summed E-state index contributed by atoms with van der Waals surface area (Å²) in [6, 6.07) is 14.7. The summed E-state index contributed by atoms with van der Waals surface area (Å²) in [7, 11) is -2.43. The topological polar surface area (TPSA) is 124 Å². The predicted molar refractivity (Wildman–Crippen MR) is 149 cm³/mol. The summed E-state index contributed by atoms with van der Waals surface area (Å²) in [5.41, 5.74) is 0.880. The minimum Gasteiger partial charge on any atom is -0.497 e. The van der Waals surface area contributed by atoms with Crippen molar-refractivity contribution in [1.29, 1.82) is 0 Å². The Labute approximate surface area is 236 Å². The van der Waals surface area contributed by atoms with Gasteiger partial charge in [0.1, 0.15) is 11.9 Å². The quantitative estimate of drug-likeness (QED) is 0.396. The van der Waals surface area contributed by atoms with Crippen molar-refractivity contribution in [3.05, 3.63) is 60.2 Å². The van der Waals surface area contributed by atoms with Crippen LogP contribution in [0.4, 0.5) is 4.79 Å². The maximum Gasteiger partial charge on any atom is 0.407 e. The third kappa shape index (κ3) is 7.73. The number of sulfonamides is 1. The molecule has 0 aliphatic carbocycles. The number of amides is 1. The van der Waals surface area contributed by atoms with Gasteiger partial charge in [-0.1, -0.05) is 44.2 Å². The first kappa shape index (κ1) is 30.3. The lowest BCUT2D eigenvalue weighted by atomic mass is 9.89. The van der Waals surface area contributed by atoms with E-state index in [1.54, 1.807) is 12.1 Å². The first-order chi connectivity index (χ1) is 19.2. The minimum absolute atomic E-state index is 0.00130. The Morgan fingerprint density at radius 3 is 2.35 bits per heavy atom. The van der Waals surface area contributed by atoms with Crippen molar-refractivity contribution < 1.29 is 37.3 Å². The molecule has 0 radical (unpaired) electrons. The van der Waals surface area contributed by atoms with Crippen molar-refractivity contribution in [1.82, 2.24) is 9.62 Å². The van der Waals surface area contributed by atoms with Crippen molar-refractivity contribution >= 4 is 16.1 Å². The molecule has 0 spiro atoms. The van der Waals surface area contributed by atoms with Crippen LogP contribution in [0.15, 0.2) is 59.5 Å². The molecule has 2 fully saturated rings. The predicted octanol–water partition coefficient (Wildman–Crippen LogP) is 2.70. The average molecular weight is 577 g/mol. The zero-order valence-corrected chi connectivity index (χ0v) is 24.1. The molecule has 0 aromatic heterocycles. The number of hydrogen-bond donors (Lipinski definition) is 2. The standard InChI is InChI=1S/C29H40N2O8S/c1-20(2)14-31(40(34,35)24-11-9-23(36-3)10-12-24)15-27(32)26(13-21-7-5-4-6-8-21)30-29(33)39-28-19-38-17-22-16-37-18-25(22)28/h4-12,20,22,25-28,32H,13-19H2,1-3H3,(H,30,33)/t22?,25?,26-,27+,28?/m0/s1. The maximum absolute atomic E-state index is 13.6. The fourth-order valence-corrected chi connectivity index (χ4v) is 6.78. The molecule has 2 aromatic rings. The molecular weight excluding hydrogens is 536 g/mol. The lowest BCUT2D eigenvalue weighted by Crippen LogP contribution is -2.52. The fourth-order valence-electron chi connectivity index (χ4n) is 5.16. The third-order valence-electron chi connectivity index (χ3n) is 7.32. The number of nitrogens with zero attached hydrogens (tertiary/aromatic N) is 1. The number of hydrogen-bond acceptors (Lipinski definition) is 8. The fraction of sp³-hybridized carbons (Fsp3) is 0.552. The SMILES string of the molecule is COc1ccc(S(=O)(=O)N(CC(C)C)C[C@@H](O)[C@H](Cc2ccccc2)NC(=O)OC2COCC3COCC32)cc1. The first-order valence-electron chi connectivity index (χ1n) is 13.7. The van der Waals surface area contributed by atoms with Crippen LogP contribution in [-0.4, -0.2) is 88.8 Å². The zero-order chi connectivity index (χ0) is 28.7. The van der Waals surface area contributed by atoms with Crippen LogP contribution in [0.2, 0.25) is 0 Å². The highest BCUT2D eigenvalue weighted by Crippen LogP contribution is 2.30. The number of aliphatic hydroxyl groups is 1. The second-order valence-corrected chi connectivity index (χ2v) is 12.8. The van der Waals surface area contributed by atoms with E-state index in [2.05, 4.69) is 5.32 Å². The molecule has 0 bridgehead atoms. The van der Waals surface area contributed by atoms with Gasteiger partial charge in [0.25, 0.3) is 0 Å². The van der Waals surface area contributed by atoms with Crippen molar-refractivity contribution in [2.45, 2.75) is 43.4 Å². The number of fused-ring (bicyclic) bond motifs is 1. The highest BCUT2D eigenvalue weighted by molar-refractivity contribution is 7.89. The van der Waals surface area contributed by atoms with Crippen LogP contribution in [0.5, 0.6) is 5.75 Å². The molecule has 2 aromatic carbocycles. The Balaban J connectivity index is 1.51. The van der Waals surface area contributed by atoms with Gasteiger partial charge in [0.2, 0.25) is 10.0 Å². The van der Waals surface area contributed by atoms with Crippen molar-refractivity contribution in [2.75, 3.05) is 46.6 Å².